The molecule has 0 aliphatic heterocycles. The molecule has 0 amide bonds. The van der Waals surface area contributed by atoms with Crippen LogP contribution in [0.3, 0.4) is 0 Å². The number of fused-ring (bicyclic) bond motifs is 1. The zero-order valence-corrected chi connectivity index (χ0v) is 14.8. The number of pyridine rings is 1. The SMILES string of the molecule is Nc1nn(-c2ccc(Br)cc2)c2cc(-c3ccccc3Cl)ncc12. The molecule has 0 aliphatic carbocycles. The van der Waals surface area contributed by atoms with Crippen LogP contribution in [0.5, 0.6) is 0 Å². The van der Waals surface area contributed by atoms with Crippen molar-refractivity contribution >= 4 is 44.3 Å². The molecule has 118 valence electrons. The molecule has 2 aromatic carbocycles. The predicted octanol–water partition coefficient (Wildman–Crippen LogP) is 5.09. The maximum absolute atomic E-state index is 6.30. The molecule has 0 atom stereocenters. The van der Waals surface area contributed by atoms with Gasteiger partial charge in [0, 0.05) is 21.3 Å². The van der Waals surface area contributed by atoms with Crippen molar-refractivity contribution in [3.63, 3.8) is 0 Å². The highest BCUT2D eigenvalue weighted by atomic mass is 79.9. The summed E-state index contributed by atoms with van der Waals surface area (Å²) in [5.74, 6) is 0.450. The molecule has 4 aromatic rings. The van der Waals surface area contributed by atoms with Crippen molar-refractivity contribution in [1.29, 1.82) is 0 Å². The minimum atomic E-state index is 0.450. The van der Waals surface area contributed by atoms with Crippen LogP contribution in [0, 0.1) is 0 Å². The van der Waals surface area contributed by atoms with Crippen molar-refractivity contribution in [3.8, 4) is 16.9 Å². The van der Waals surface area contributed by atoms with Gasteiger partial charge < -0.3 is 5.73 Å². The molecule has 6 heteroatoms. The fourth-order valence-corrected chi connectivity index (χ4v) is 3.13. The molecule has 0 saturated heterocycles. The highest BCUT2D eigenvalue weighted by Crippen LogP contribution is 2.31. The fourth-order valence-electron chi connectivity index (χ4n) is 2.63. The van der Waals surface area contributed by atoms with E-state index in [0.29, 0.717) is 10.8 Å². The lowest BCUT2D eigenvalue weighted by molar-refractivity contribution is 0.916. The lowest BCUT2D eigenvalue weighted by Gasteiger charge is -2.06. The van der Waals surface area contributed by atoms with Crippen LogP contribution >= 0.6 is 27.5 Å². The van der Waals surface area contributed by atoms with Crippen molar-refractivity contribution < 1.29 is 0 Å². The Morgan fingerprint density at radius 2 is 1.79 bits per heavy atom. The Morgan fingerprint density at radius 1 is 1.04 bits per heavy atom. The minimum Gasteiger partial charge on any atom is -0.382 e. The summed E-state index contributed by atoms with van der Waals surface area (Å²) < 4.78 is 2.83. The maximum Gasteiger partial charge on any atom is 0.155 e. The second-order valence-corrected chi connectivity index (χ2v) is 6.66. The van der Waals surface area contributed by atoms with Crippen LogP contribution in [0.1, 0.15) is 0 Å². The van der Waals surface area contributed by atoms with E-state index >= 15 is 0 Å². The molecule has 0 unspecified atom stereocenters. The lowest BCUT2D eigenvalue weighted by atomic mass is 10.1. The Labute approximate surface area is 152 Å². The first kappa shape index (κ1) is 15.2. The van der Waals surface area contributed by atoms with Gasteiger partial charge in [-0.15, -0.1) is 5.10 Å². The van der Waals surface area contributed by atoms with Gasteiger partial charge in [0.05, 0.1) is 22.3 Å². The number of benzene rings is 2. The zero-order valence-electron chi connectivity index (χ0n) is 12.4. The summed E-state index contributed by atoms with van der Waals surface area (Å²) in [6, 6.07) is 17.5. The van der Waals surface area contributed by atoms with Crippen LogP contribution in [0.25, 0.3) is 27.8 Å². The first-order chi connectivity index (χ1) is 11.6. The van der Waals surface area contributed by atoms with Crippen LogP contribution in [0.2, 0.25) is 5.02 Å². The standard InChI is InChI=1S/C18H12BrClN4/c19-11-5-7-12(8-6-11)24-17-9-16(13-3-1-2-4-15(13)20)22-10-14(17)18(21)23-24/h1-10H,(H2,21,23). The van der Waals surface area contributed by atoms with Crippen molar-refractivity contribution in [2.75, 3.05) is 5.73 Å². The average molecular weight is 400 g/mol. The molecule has 2 aromatic heterocycles. The van der Waals surface area contributed by atoms with Crippen LogP contribution in [0.4, 0.5) is 5.82 Å². The van der Waals surface area contributed by atoms with Crippen LogP contribution in [-0.4, -0.2) is 14.8 Å². The van der Waals surface area contributed by atoms with Gasteiger partial charge in [-0.2, -0.15) is 0 Å². The van der Waals surface area contributed by atoms with Gasteiger partial charge in [-0.1, -0.05) is 45.7 Å². The molecule has 0 saturated carbocycles. The Bertz CT molecular complexity index is 1040. The largest absolute Gasteiger partial charge is 0.382 e. The van der Waals surface area contributed by atoms with Crippen molar-refractivity contribution in [1.82, 2.24) is 14.8 Å². The number of hydrogen-bond donors (Lipinski definition) is 1. The van der Waals surface area contributed by atoms with E-state index in [9.17, 15) is 0 Å². The molecule has 4 nitrogen and oxygen atoms in total. The van der Waals surface area contributed by atoms with E-state index in [0.717, 1.165) is 32.3 Å². The predicted molar refractivity (Wildman–Crippen MR) is 101 cm³/mol. The van der Waals surface area contributed by atoms with Crippen molar-refractivity contribution in [2.24, 2.45) is 0 Å². The molecule has 0 spiro atoms. The van der Waals surface area contributed by atoms with Gasteiger partial charge in [-0.05, 0) is 36.4 Å². The fraction of sp³-hybridized carbons (Fsp3) is 0. The summed E-state index contributed by atoms with van der Waals surface area (Å²) in [7, 11) is 0. The van der Waals surface area contributed by atoms with E-state index in [1.54, 1.807) is 6.20 Å². The van der Waals surface area contributed by atoms with E-state index in [1.165, 1.54) is 0 Å². The molecule has 4 rings (SSSR count). The summed E-state index contributed by atoms with van der Waals surface area (Å²) in [6.45, 7) is 0. The van der Waals surface area contributed by atoms with E-state index in [2.05, 4.69) is 26.0 Å². The van der Waals surface area contributed by atoms with Gasteiger partial charge in [-0.3, -0.25) is 4.98 Å². The first-order valence-electron chi connectivity index (χ1n) is 7.28. The monoisotopic (exact) mass is 398 g/mol. The molecule has 0 aliphatic rings. The highest BCUT2D eigenvalue weighted by molar-refractivity contribution is 9.10. The van der Waals surface area contributed by atoms with Gasteiger partial charge in [-0.25, -0.2) is 4.68 Å². The van der Waals surface area contributed by atoms with Gasteiger partial charge in [0.15, 0.2) is 5.82 Å². The second-order valence-electron chi connectivity index (χ2n) is 5.34. The number of nitrogens with two attached hydrogens (primary N) is 1. The van der Waals surface area contributed by atoms with Gasteiger partial charge >= 0.3 is 0 Å². The molecular weight excluding hydrogens is 388 g/mol. The summed E-state index contributed by atoms with van der Waals surface area (Å²) >= 11 is 9.74. The summed E-state index contributed by atoms with van der Waals surface area (Å²) in [6.07, 6.45) is 1.74. The topological polar surface area (TPSA) is 56.7 Å². The Morgan fingerprint density at radius 3 is 2.54 bits per heavy atom. The smallest absolute Gasteiger partial charge is 0.155 e. The number of hydrogen-bond acceptors (Lipinski definition) is 3. The molecule has 0 radical (unpaired) electrons. The average Bonchev–Trinajstić information content (AvgIpc) is 2.92. The molecule has 24 heavy (non-hydrogen) atoms. The lowest BCUT2D eigenvalue weighted by Crippen LogP contribution is -1.97. The molecule has 0 fully saturated rings. The normalized spacial score (nSPS) is 11.1. The molecular formula is C18H12BrClN4. The third-order valence-electron chi connectivity index (χ3n) is 3.82. The first-order valence-corrected chi connectivity index (χ1v) is 8.45. The van der Waals surface area contributed by atoms with Crippen LogP contribution < -0.4 is 5.73 Å². The number of nitrogen functional groups attached to an aromatic ring is 1. The molecule has 0 bridgehead atoms. The van der Waals surface area contributed by atoms with E-state index in [1.807, 2.05) is 59.3 Å². The Kier molecular flexibility index (Phi) is 3.75. The summed E-state index contributed by atoms with van der Waals surface area (Å²) in [5, 5.41) is 5.93. The maximum atomic E-state index is 6.30. The Hall–Kier alpha value is -2.37. The van der Waals surface area contributed by atoms with Gasteiger partial charge in [0.1, 0.15) is 0 Å². The van der Waals surface area contributed by atoms with Crippen molar-refractivity contribution in [3.05, 3.63) is 70.3 Å². The van der Waals surface area contributed by atoms with E-state index in [4.69, 9.17) is 17.3 Å². The minimum absolute atomic E-state index is 0.450. The highest BCUT2D eigenvalue weighted by Gasteiger charge is 2.13. The Balaban J connectivity index is 1.94. The molecule has 2 heterocycles. The van der Waals surface area contributed by atoms with Gasteiger partial charge in [0.2, 0.25) is 0 Å². The number of aromatic nitrogens is 3. The summed E-state index contributed by atoms with van der Waals surface area (Å²) in [4.78, 5) is 4.49. The van der Waals surface area contributed by atoms with Crippen molar-refractivity contribution in [2.45, 2.75) is 0 Å². The number of nitrogens with zero attached hydrogens (tertiary/aromatic N) is 3. The summed E-state index contributed by atoms with van der Waals surface area (Å²) in [5.41, 5.74) is 9.53. The van der Waals surface area contributed by atoms with E-state index < -0.39 is 0 Å². The van der Waals surface area contributed by atoms with Crippen LogP contribution in [-0.2, 0) is 0 Å². The third kappa shape index (κ3) is 2.56. The number of halogens is 2. The third-order valence-corrected chi connectivity index (χ3v) is 4.67. The second kappa shape index (κ2) is 5.92. The zero-order chi connectivity index (χ0) is 16.7. The quantitative estimate of drug-likeness (QED) is 0.511. The molecule has 2 N–H and O–H groups in total. The van der Waals surface area contributed by atoms with Gasteiger partial charge in [0.25, 0.3) is 0 Å². The van der Waals surface area contributed by atoms with Crippen LogP contribution in [0.15, 0.2) is 65.3 Å². The number of anilines is 1. The van der Waals surface area contributed by atoms with E-state index in [-0.39, 0.29) is 0 Å². The number of rotatable bonds is 2.